The summed E-state index contributed by atoms with van der Waals surface area (Å²) in [4.78, 5) is 37.0. The minimum Gasteiger partial charge on any atom is -0.438 e. The van der Waals surface area contributed by atoms with Crippen molar-refractivity contribution < 1.29 is 18.7 Å². The first-order chi connectivity index (χ1) is 13.4. The Bertz CT molecular complexity index is 806. The molecule has 0 aromatic carbocycles. The van der Waals surface area contributed by atoms with Crippen LogP contribution >= 0.6 is 0 Å². The van der Waals surface area contributed by atoms with Gasteiger partial charge in [-0.15, -0.1) is 0 Å². The van der Waals surface area contributed by atoms with Crippen molar-refractivity contribution in [3.8, 4) is 0 Å². The molecule has 0 radical (unpaired) electrons. The van der Waals surface area contributed by atoms with E-state index in [0.717, 1.165) is 5.56 Å². The topological polar surface area (TPSA) is 88.8 Å². The van der Waals surface area contributed by atoms with Gasteiger partial charge in [0.2, 0.25) is 11.7 Å². The molecule has 3 rings (SSSR count). The second kappa shape index (κ2) is 8.97. The summed E-state index contributed by atoms with van der Waals surface area (Å²) < 4.78 is 11.3. The summed E-state index contributed by atoms with van der Waals surface area (Å²) in [5, 5.41) is 0. The van der Waals surface area contributed by atoms with E-state index in [-0.39, 0.29) is 30.2 Å². The van der Waals surface area contributed by atoms with Gasteiger partial charge in [0.05, 0.1) is 18.4 Å². The standard InChI is InChI=1S/C20H26N4O4/c1-14(2)8-23-9-17(27-12-16-5-4-6-21-7-16)10-24(11-18(23)25)20(26)19-15(3)22-13-28-19/h4-7,13-14,17H,8-12H2,1-3H3. The molecule has 28 heavy (non-hydrogen) atoms. The van der Waals surface area contributed by atoms with Crippen LogP contribution in [0.4, 0.5) is 0 Å². The lowest BCUT2D eigenvalue weighted by atomic mass is 10.2. The predicted octanol–water partition coefficient (Wildman–Crippen LogP) is 1.90. The van der Waals surface area contributed by atoms with Crippen LogP contribution in [0.3, 0.4) is 0 Å². The van der Waals surface area contributed by atoms with E-state index in [1.54, 1.807) is 24.2 Å². The zero-order valence-corrected chi connectivity index (χ0v) is 16.5. The average molecular weight is 386 g/mol. The number of aromatic nitrogens is 2. The summed E-state index contributed by atoms with van der Waals surface area (Å²) in [6.45, 7) is 7.56. The summed E-state index contributed by atoms with van der Waals surface area (Å²) in [6, 6.07) is 3.78. The van der Waals surface area contributed by atoms with Crippen molar-refractivity contribution in [1.82, 2.24) is 19.8 Å². The lowest BCUT2D eigenvalue weighted by Gasteiger charge is -2.25. The summed E-state index contributed by atoms with van der Waals surface area (Å²) in [7, 11) is 0. The number of oxazole rings is 1. The largest absolute Gasteiger partial charge is 0.438 e. The number of carbonyl (C=O) groups excluding carboxylic acids is 2. The van der Waals surface area contributed by atoms with E-state index in [1.165, 1.54) is 11.3 Å². The van der Waals surface area contributed by atoms with Gasteiger partial charge < -0.3 is 19.0 Å². The molecule has 0 aliphatic carbocycles. The molecule has 1 atom stereocenters. The number of rotatable bonds is 6. The van der Waals surface area contributed by atoms with Crippen molar-refractivity contribution in [2.75, 3.05) is 26.2 Å². The van der Waals surface area contributed by atoms with Crippen LogP contribution in [-0.2, 0) is 16.1 Å². The van der Waals surface area contributed by atoms with Gasteiger partial charge in [0, 0.05) is 32.0 Å². The molecule has 3 heterocycles. The Kier molecular flexibility index (Phi) is 6.41. The average Bonchev–Trinajstić information content (AvgIpc) is 3.03. The van der Waals surface area contributed by atoms with Gasteiger partial charge in [-0.1, -0.05) is 19.9 Å². The molecule has 2 aromatic heterocycles. The van der Waals surface area contributed by atoms with Crippen molar-refractivity contribution in [1.29, 1.82) is 0 Å². The third-order valence-corrected chi connectivity index (χ3v) is 4.55. The monoisotopic (exact) mass is 386 g/mol. The summed E-state index contributed by atoms with van der Waals surface area (Å²) in [5.41, 5.74) is 1.45. The second-order valence-electron chi connectivity index (χ2n) is 7.44. The Morgan fingerprint density at radius 3 is 2.86 bits per heavy atom. The molecular weight excluding hydrogens is 360 g/mol. The maximum absolute atomic E-state index is 12.9. The Morgan fingerprint density at radius 1 is 1.39 bits per heavy atom. The molecule has 1 aliphatic rings. The fourth-order valence-corrected chi connectivity index (χ4v) is 3.20. The maximum atomic E-state index is 12.9. The number of ether oxygens (including phenoxy) is 1. The van der Waals surface area contributed by atoms with Gasteiger partial charge in [0.1, 0.15) is 6.54 Å². The fraction of sp³-hybridized carbons (Fsp3) is 0.500. The molecule has 2 aromatic rings. The first kappa shape index (κ1) is 20.0. The maximum Gasteiger partial charge on any atom is 0.292 e. The highest BCUT2D eigenvalue weighted by Crippen LogP contribution is 2.16. The van der Waals surface area contributed by atoms with Gasteiger partial charge in [-0.2, -0.15) is 0 Å². The summed E-state index contributed by atoms with van der Waals surface area (Å²) in [6.07, 6.45) is 4.38. The van der Waals surface area contributed by atoms with Crippen molar-refractivity contribution >= 4 is 11.8 Å². The Balaban J connectivity index is 1.76. The zero-order chi connectivity index (χ0) is 20.1. The normalized spacial score (nSPS) is 17.9. The van der Waals surface area contributed by atoms with E-state index in [0.29, 0.717) is 37.9 Å². The van der Waals surface area contributed by atoms with Gasteiger partial charge >= 0.3 is 0 Å². The Morgan fingerprint density at radius 2 is 2.21 bits per heavy atom. The molecule has 1 aliphatic heterocycles. The SMILES string of the molecule is Cc1ncoc1C(=O)N1CC(=O)N(CC(C)C)CC(OCc2cccnc2)C1. The van der Waals surface area contributed by atoms with Crippen LogP contribution in [0.15, 0.2) is 35.3 Å². The first-order valence-corrected chi connectivity index (χ1v) is 9.41. The van der Waals surface area contributed by atoms with Crippen molar-refractivity contribution in [2.45, 2.75) is 33.5 Å². The minimum atomic E-state index is -0.343. The molecular formula is C20H26N4O4. The smallest absolute Gasteiger partial charge is 0.292 e. The molecule has 1 saturated heterocycles. The minimum absolute atomic E-state index is 0.00154. The van der Waals surface area contributed by atoms with E-state index in [2.05, 4.69) is 23.8 Å². The molecule has 1 unspecified atom stereocenters. The van der Waals surface area contributed by atoms with Gasteiger partial charge in [-0.05, 0) is 24.5 Å². The van der Waals surface area contributed by atoms with Crippen LogP contribution in [0.2, 0.25) is 0 Å². The lowest BCUT2D eigenvalue weighted by Crippen LogP contribution is -2.40. The van der Waals surface area contributed by atoms with Crippen molar-refractivity contribution in [3.05, 3.63) is 47.9 Å². The molecule has 150 valence electrons. The van der Waals surface area contributed by atoms with Crippen LogP contribution in [0.25, 0.3) is 0 Å². The third kappa shape index (κ3) is 4.95. The molecule has 0 spiro atoms. The highest BCUT2D eigenvalue weighted by Gasteiger charge is 2.33. The number of nitrogens with zero attached hydrogens (tertiary/aromatic N) is 4. The van der Waals surface area contributed by atoms with E-state index >= 15 is 0 Å². The molecule has 2 amide bonds. The third-order valence-electron chi connectivity index (χ3n) is 4.55. The van der Waals surface area contributed by atoms with Crippen LogP contribution < -0.4 is 0 Å². The van der Waals surface area contributed by atoms with Gasteiger partial charge in [0.15, 0.2) is 6.39 Å². The number of pyridine rings is 1. The Hall–Kier alpha value is -2.74. The molecule has 1 fully saturated rings. The van der Waals surface area contributed by atoms with Crippen LogP contribution in [0.1, 0.15) is 35.7 Å². The van der Waals surface area contributed by atoms with Gasteiger partial charge in [-0.3, -0.25) is 14.6 Å². The van der Waals surface area contributed by atoms with Crippen LogP contribution in [-0.4, -0.2) is 63.9 Å². The van der Waals surface area contributed by atoms with Gasteiger partial charge in [0.25, 0.3) is 5.91 Å². The van der Waals surface area contributed by atoms with E-state index in [4.69, 9.17) is 9.15 Å². The molecule has 8 heteroatoms. The zero-order valence-electron chi connectivity index (χ0n) is 16.5. The quantitative estimate of drug-likeness (QED) is 0.753. The van der Waals surface area contributed by atoms with E-state index in [9.17, 15) is 9.59 Å². The van der Waals surface area contributed by atoms with E-state index in [1.807, 2.05) is 12.1 Å². The number of aryl methyl sites for hydroxylation is 1. The fourth-order valence-electron chi connectivity index (χ4n) is 3.20. The Labute approximate surface area is 164 Å². The number of carbonyl (C=O) groups is 2. The van der Waals surface area contributed by atoms with Crippen LogP contribution in [0, 0.1) is 12.8 Å². The van der Waals surface area contributed by atoms with Crippen LogP contribution in [0.5, 0.6) is 0 Å². The molecule has 8 nitrogen and oxygen atoms in total. The molecule has 0 N–H and O–H groups in total. The molecule has 0 bridgehead atoms. The number of hydrogen-bond donors (Lipinski definition) is 0. The van der Waals surface area contributed by atoms with Gasteiger partial charge in [-0.25, -0.2) is 4.98 Å². The number of hydrogen-bond acceptors (Lipinski definition) is 6. The molecule has 0 saturated carbocycles. The number of amides is 2. The summed E-state index contributed by atoms with van der Waals surface area (Å²) >= 11 is 0. The highest BCUT2D eigenvalue weighted by atomic mass is 16.5. The highest BCUT2D eigenvalue weighted by molar-refractivity contribution is 5.95. The van der Waals surface area contributed by atoms with Crippen molar-refractivity contribution in [2.24, 2.45) is 5.92 Å². The lowest BCUT2D eigenvalue weighted by molar-refractivity contribution is -0.132. The summed E-state index contributed by atoms with van der Waals surface area (Å²) in [5.74, 6) is 0.0502. The first-order valence-electron chi connectivity index (χ1n) is 9.41. The predicted molar refractivity (Wildman–Crippen MR) is 101 cm³/mol. The van der Waals surface area contributed by atoms with E-state index < -0.39 is 0 Å². The second-order valence-corrected chi connectivity index (χ2v) is 7.44. The van der Waals surface area contributed by atoms with Crippen molar-refractivity contribution in [3.63, 3.8) is 0 Å².